The number of hydrogen-bond acceptors (Lipinski definition) is 3. The molecule has 0 aliphatic rings. The van der Waals surface area contributed by atoms with Crippen molar-refractivity contribution in [3.8, 4) is 0 Å². The van der Waals surface area contributed by atoms with E-state index in [1.807, 2.05) is 104 Å². The minimum absolute atomic E-state index is 0.185. The van der Waals surface area contributed by atoms with E-state index in [-0.39, 0.29) is 4.90 Å². The fraction of sp³-hybridized carbons (Fsp3) is 0.0588. The maximum atomic E-state index is 13.7. The number of aryl methyl sites for hydroxylation is 1. The highest BCUT2D eigenvalue weighted by Crippen LogP contribution is 2.59. The highest BCUT2D eigenvalue weighted by Gasteiger charge is 2.34. The summed E-state index contributed by atoms with van der Waals surface area (Å²) in [5, 5.41) is 2.59. The summed E-state index contributed by atoms with van der Waals surface area (Å²) in [6.45, 7) is 1.92. The number of nitrogens with one attached hydrogen (secondary N) is 1. The van der Waals surface area contributed by atoms with Gasteiger partial charge in [-0.15, -0.1) is 0 Å². The maximum Gasteiger partial charge on any atom is 0.261 e. The summed E-state index contributed by atoms with van der Waals surface area (Å²) in [4.78, 5) is 0.185. The molecule has 0 spiro atoms. The van der Waals surface area contributed by atoms with Crippen molar-refractivity contribution < 1.29 is 8.42 Å². The van der Waals surface area contributed by atoms with Crippen molar-refractivity contribution in [3.05, 3.63) is 167 Å². The number of hydrogen-bond donors (Lipinski definition) is 1. The molecule has 0 amide bonds. The second-order valence-corrected chi connectivity index (χ2v) is 16.4. The van der Waals surface area contributed by atoms with Crippen LogP contribution >= 0.6 is 17.6 Å². The molecule has 41 heavy (non-hydrogen) atoms. The predicted molar refractivity (Wildman–Crippen MR) is 177 cm³/mol. The monoisotopic (exact) mass is 613 g/mol. The molecule has 0 aromatic heterocycles. The van der Waals surface area contributed by atoms with Gasteiger partial charge < -0.3 is 0 Å². The van der Waals surface area contributed by atoms with Gasteiger partial charge in [-0.2, -0.15) is 0 Å². The first kappa shape index (κ1) is 29.0. The lowest BCUT2D eigenvalue weighted by Crippen LogP contribution is -2.25. The van der Waals surface area contributed by atoms with Crippen LogP contribution in [0.4, 0.5) is 0 Å². The first-order chi connectivity index (χ1) is 19.8. The first-order valence-corrected chi connectivity index (χ1v) is 17.8. The van der Waals surface area contributed by atoms with Gasteiger partial charge in [-0.25, -0.2) is 8.42 Å². The smallest absolute Gasteiger partial charge is 0.261 e. The number of benzene rings is 5. The fourth-order valence-electron chi connectivity index (χ4n) is 4.76. The highest BCUT2D eigenvalue weighted by atomic mass is 35.5. The van der Waals surface area contributed by atoms with E-state index in [1.54, 1.807) is 24.3 Å². The summed E-state index contributed by atoms with van der Waals surface area (Å²) < 4.78 is 30.3. The lowest BCUT2D eigenvalue weighted by molar-refractivity contribution is 0.591. The molecule has 5 rings (SSSR count). The molecule has 7 heteroatoms. The molecule has 5 aromatic carbocycles. The van der Waals surface area contributed by atoms with Gasteiger partial charge in [-0.05, 0) is 52.9 Å². The first-order valence-electron chi connectivity index (χ1n) is 13.1. The summed E-state index contributed by atoms with van der Waals surface area (Å²) in [7, 11) is -3.91. The third-order valence-electron chi connectivity index (χ3n) is 6.88. The molecule has 0 unspecified atom stereocenters. The molecule has 0 saturated heterocycles. The van der Waals surface area contributed by atoms with E-state index in [0.717, 1.165) is 27.3 Å². The highest BCUT2D eigenvalue weighted by molar-refractivity contribution is 8.22. The maximum absolute atomic E-state index is 13.7. The Morgan fingerprint density at radius 3 is 1.76 bits per heavy atom. The Kier molecular flexibility index (Phi) is 8.91. The number of halogens is 1. The van der Waals surface area contributed by atoms with Gasteiger partial charge in [0.05, 0.1) is 10.6 Å². The minimum atomic E-state index is -3.91. The Hall–Kier alpha value is -3.47. The average molecular weight is 614 g/mol. The molecule has 1 N–H and O–H groups in total. The van der Waals surface area contributed by atoms with Crippen molar-refractivity contribution in [2.24, 2.45) is 0 Å². The molecule has 0 bridgehead atoms. The second-order valence-electron chi connectivity index (χ2n) is 9.66. The number of allylic oxidation sites excluding steroid dienone is 1. The predicted octanol–water partition coefficient (Wildman–Crippen LogP) is 7.84. The molecule has 0 radical (unpaired) electrons. The Morgan fingerprint density at radius 2 is 1.22 bits per heavy atom. The summed E-state index contributed by atoms with van der Waals surface area (Å²) in [6.07, 6.45) is 1.96. The third-order valence-corrected chi connectivity index (χ3v) is 13.9. The molecule has 0 aliphatic carbocycles. The molecule has 3 nitrogen and oxygen atoms in total. The summed E-state index contributed by atoms with van der Waals surface area (Å²) in [5.74, 6) is 0. The van der Waals surface area contributed by atoms with Crippen molar-refractivity contribution >= 4 is 55.8 Å². The van der Waals surface area contributed by atoms with E-state index in [9.17, 15) is 8.42 Å². The van der Waals surface area contributed by atoms with Crippen LogP contribution in [0.3, 0.4) is 0 Å². The van der Waals surface area contributed by atoms with Crippen molar-refractivity contribution in [2.75, 3.05) is 0 Å². The third kappa shape index (κ3) is 6.39. The van der Waals surface area contributed by atoms with Crippen LogP contribution in [0.5, 0.6) is 0 Å². The molecule has 0 fully saturated rings. The van der Waals surface area contributed by atoms with E-state index in [2.05, 4.69) is 29.0 Å². The second kappa shape index (κ2) is 12.6. The molecule has 0 heterocycles. The zero-order valence-electron chi connectivity index (χ0n) is 22.4. The van der Waals surface area contributed by atoms with Crippen LogP contribution < -0.4 is 15.3 Å². The number of sulfonamides is 1. The van der Waals surface area contributed by atoms with Crippen LogP contribution in [-0.4, -0.2) is 8.42 Å². The minimum Gasteiger partial charge on any atom is -0.279 e. The molecule has 1 atom stereocenters. The van der Waals surface area contributed by atoms with Crippen molar-refractivity contribution in [1.82, 2.24) is 4.72 Å². The Bertz CT molecular complexity index is 1770. The quantitative estimate of drug-likeness (QED) is 0.172. The zero-order valence-corrected chi connectivity index (χ0v) is 25.7. The summed E-state index contributed by atoms with van der Waals surface area (Å²) in [6, 6.07) is 41.4. The van der Waals surface area contributed by atoms with Crippen LogP contribution in [-0.2, 0) is 21.8 Å². The van der Waals surface area contributed by atoms with E-state index < -0.39 is 21.7 Å². The van der Waals surface area contributed by atoms with Gasteiger partial charge >= 0.3 is 0 Å². The lowest BCUT2D eigenvalue weighted by atomic mass is 10.1. The average Bonchev–Trinajstić information content (AvgIpc) is 3.01. The Morgan fingerprint density at radius 1 is 0.732 bits per heavy atom. The van der Waals surface area contributed by atoms with Crippen molar-refractivity contribution in [2.45, 2.75) is 17.5 Å². The van der Waals surface area contributed by atoms with Gasteiger partial charge in [0.15, 0.2) is 0 Å². The van der Waals surface area contributed by atoms with E-state index in [4.69, 9.17) is 23.4 Å². The number of rotatable bonds is 9. The van der Waals surface area contributed by atoms with Gasteiger partial charge in [0, 0.05) is 16.7 Å². The van der Waals surface area contributed by atoms with Gasteiger partial charge in [0.1, 0.15) is 0 Å². The van der Waals surface area contributed by atoms with Gasteiger partial charge in [0.25, 0.3) is 10.0 Å². The van der Waals surface area contributed by atoms with E-state index in [1.165, 1.54) is 0 Å². The topological polar surface area (TPSA) is 46.2 Å². The van der Waals surface area contributed by atoms with Gasteiger partial charge in [0.2, 0.25) is 0 Å². The van der Waals surface area contributed by atoms with Crippen LogP contribution in [0.15, 0.2) is 150 Å². The van der Waals surface area contributed by atoms with Crippen LogP contribution in [0, 0.1) is 6.92 Å². The molecular weight excluding hydrogens is 585 g/mol. The molecule has 0 saturated carbocycles. The van der Waals surface area contributed by atoms with Crippen molar-refractivity contribution in [3.63, 3.8) is 0 Å². The van der Waals surface area contributed by atoms with Crippen LogP contribution in [0.25, 0.3) is 5.70 Å². The SMILES string of the molecule is Cc1ccc(S(=O)(=O)N/C(=C\[C@H](c2ccccc2Cl)P(=S)(c2ccccc2)c2ccccc2)c2ccccc2)cc1. The summed E-state index contributed by atoms with van der Waals surface area (Å²) in [5.41, 5.74) is 2.56. The molecular formula is C34H29ClNO2PS2. The Labute approximate surface area is 252 Å². The summed E-state index contributed by atoms with van der Waals surface area (Å²) >= 11 is 13.6. The van der Waals surface area contributed by atoms with Crippen LogP contribution in [0.1, 0.15) is 22.3 Å². The van der Waals surface area contributed by atoms with Crippen molar-refractivity contribution in [1.29, 1.82) is 0 Å². The normalized spacial score (nSPS) is 13.0. The Balaban J connectivity index is 1.78. The van der Waals surface area contributed by atoms with Crippen LogP contribution in [0.2, 0.25) is 5.02 Å². The van der Waals surface area contributed by atoms with Gasteiger partial charge in [-0.3, -0.25) is 4.72 Å². The largest absolute Gasteiger partial charge is 0.279 e. The zero-order chi connectivity index (χ0) is 28.9. The molecule has 206 valence electrons. The molecule has 5 aromatic rings. The lowest BCUT2D eigenvalue weighted by Gasteiger charge is -2.32. The van der Waals surface area contributed by atoms with Gasteiger partial charge in [-0.1, -0.05) is 150 Å². The van der Waals surface area contributed by atoms with E-state index in [0.29, 0.717) is 10.7 Å². The molecule has 0 aliphatic heterocycles. The standard InChI is InChI=1S/C34H29ClNO2PS2/c1-26-21-23-30(24-22-26)41(37,38)36-33(27-13-5-2-6-14-27)25-34(31-19-11-12-20-32(31)35)39(40,28-15-7-3-8-16-28)29-17-9-4-10-18-29/h2-25,34,36H,1H3/b33-25-/t34-/m1/s1. The fourth-order valence-corrected chi connectivity index (χ4v) is 10.6. The van der Waals surface area contributed by atoms with E-state index >= 15 is 0 Å².